The van der Waals surface area contributed by atoms with Crippen LogP contribution in [0.2, 0.25) is 0 Å². The first-order chi connectivity index (χ1) is 11.0. The quantitative estimate of drug-likeness (QED) is 0.633. The number of nitro groups is 1. The minimum absolute atomic E-state index is 0.130. The second kappa shape index (κ2) is 7.51. The van der Waals surface area contributed by atoms with Crippen molar-refractivity contribution in [2.75, 3.05) is 0 Å². The molecule has 6 nitrogen and oxygen atoms in total. The molecule has 0 saturated carbocycles. The van der Waals surface area contributed by atoms with E-state index in [2.05, 4.69) is 5.32 Å². The van der Waals surface area contributed by atoms with E-state index in [1.54, 1.807) is 6.92 Å². The van der Waals surface area contributed by atoms with Gasteiger partial charge in [-0.3, -0.25) is 14.9 Å². The molecule has 6 heteroatoms. The Kier molecular flexibility index (Phi) is 5.43. The molecule has 2 N–H and O–H groups in total. The van der Waals surface area contributed by atoms with Crippen LogP contribution in [0.5, 0.6) is 0 Å². The van der Waals surface area contributed by atoms with Crippen molar-refractivity contribution in [1.29, 1.82) is 0 Å². The maximum atomic E-state index is 12.1. The number of carbonyl (C=O) groups is 1. The molecule has 2 atom stereocenters. The molecular weight excluding hydrogens is 296 g/mol. The Labute approximate surface area is 133 Å². The number of carbonyl (C=O) groups excluding carboxylic acids is 1. The summed E-state index contributed by atoms with van der Waals surface area (Å²) in [5.74, 6) is -0.401. The molecule has 0 heterocycles. The average molecular weight is 314 g/mol. The van der Waals surface area contributed by atoms with Crippen LogP contribution in [0, 0.1) is 10.1 Å². The molecule has 0 bridgehead atoms. The summed E-state index contributed by atoms with van der Waals surface area (Å²) < 4.78 is 0. The zero-order valence-electron chi connectivity index (χ0n) is 12.7. The van der Waals surface area contributed by atoms with Gasteiger partial charge in [0.15, 0.2) is 0 Å². The van der Waals surface area contributed by atoms with Gasteiger partial charge in [-0.15, -0.1) is 0 Å². The lowest BCUT2D eigenvalue weighted by Gasteiger charge is -2.18. The van der Waals surface area contributed by atoms with E-state index in [1.165, 1.54) is 24.3 Å². The fraction of sp³-hybridized carbons (Fsp3) is 0.235. The zero-order chi connectivity index (χ0) is 16.8. The number of nitro benzene ring substituents is 1. The maximum Gasteiger partial charge on any atom is 0.270 e. The van der Waals surface area contributed by atoms with E-state index < -0.39 is 16.9 Å². The number of rotatable bonds is 6. The molecule has 0 fully saturated rings. The molecule has 120 valence electrons. The summed E-state index contributed by atoms with van der Waals surface area (Å²) in [5.41, 5.74) is 0.874. The molecule has 23 heavy (non-hydrogen) atoms. The predicted octanol–water partition coefficient (Wildman–Crippen LogP) is 2.84. The molecule has 0 saturated heterocycles. The highest BCUT2D eigenvalue weighted by Crippen LogP contribution is 2.18. The zero-order valence-corrected chi connectivity index (χ0v) is 12.7. The van der Waals surface area contributed by atoms with Gasteiger partial charge >= 0.3 is 0 Å². The highest BCUT2D eigenvalue weighted by Gasteiger charge is 2.16. The van der Waals surface area contributed by atoms with Gasteiger partial charge in [0.2, 0.25) is 0 Å². The highest BCUT2D eigenvalue weighted by molar-refractivity contribution is 5.94. The molecule has 0 spiro atoms. The first-order valence-corrected chi connectivity index (χ1v) is 7.25. The molecule has 0 unspecified atom stereocenters. The Balaban J connectivity index is 1.97. The summed E-state index contributed by atoms with van der Waals surface area (Å²) in [6.07, 6.45) is -0.332. The Morgan fingerprint density at radius 2 is 1.91 bits per heavy atom. The van der Waals surface area contributed by atoms with E-state index in [1.807, 2.05) is 30.3 Å². The molecule has 0 aliphatic rings. The molecule has 0 aliphatic carbocycles. The predicted molar refractivity (Wildman–Crippen MR) is 86.0 cm³/mol. The number of nitrogens with one attached hydrogen (secondary N) is 1. The van der Waals surface area contributed by atoms with E-state index in [9.17, 15) is 20.0 Å². The smallest absolute Gasteiger partial charge is 0.270 e. The van der Waals surface area contributed by atoms with Crippen molar-refractivity contribution in [3.05, 3.63) is 75.8 Å². The number of non-ortho nitro benzene ring substituents is 1. The number of aliphatic hydroxyl groups excluding tert-OH is 1. The van der Waals surface area contributed by atoms with Gasteiger partial charge in [0, 0.05) is 23.7 Å². The molecule has 2 rings (SSSR count). The minimum atomic E-state index is -0.684. The lowest BCUT2D eigenvalue weighted by Crippen LogP contribution is -2.33. The van der Waals surface area contributed by atoms with E-state index >= 15 is 0 Å². The third kappa shape index (κ3) is 4.62. The van der Waals surface area contributed by atoms with Crippen molar-refractivity contribution in [3.8, 4) is 0 Å². The fourth-order valence-corrected chi connectivity index (χ4v) is 2.27. The van der Waals surface area contributed by atoms with Crippen molar-refractivity contribution < 1.29 is 14.8 Å². The standard InChI is InChI=1S/C17H18N2O4/c1-12(10-16(20)13-6-3-2-4-7-13)18-17(21)14-8-5-9-15(11-14)19(22)23/h2-9,11-12,16,20H,10H2,1H3,(H,18,21)/t12-,16-/m1/s1. The fourth-order valence-electron chi connectivity index (χ4n) is 2.27. The van der Waals surface area contributed by atoms with Gasteiger partial charge in [-0.2, -0.15) is 0 Å². The third-order valence-corrected chi connectivity index (χ3v) is 3.46. The summed E-state index contributed by atoms with van der Waals surface area (Å²) in [5, 5.41) is 23.6. The molecule has 0 aromatic heterocycles. The van der Waals surface area contributed by atoms with Gasteiger partial charge < -0.3 is 10.4 Å². The number of hydrogen-bond donors (Lipinski definition) is 2. The molecule has 0 aliphatic heterocycles. The van der Waals surface area contributed by atoms with Gasteiger partial charge in [0.25, 0.3) is 11.6 Å². The largest absolute Gasteiger partial charge is 0.388 e. The number of aliphatic hydroxyl groups is 1. The summed E-state index contributed by atoms with van der Waals surface area (Å²) >= 11 is 0. The third-order valence-electron chi connectivity index (χ3n) is 3.46. The van der Waals surface area contributed by atoms with Crippen LogP contribution < -0.4 is 5.32 Å². The molecular formula is C17H18N2O4. The second-order valence-electron chi connectivity index (χ2n) is 5.34. The summed E-state index contributed by atoms with van der Waals surface area (Å²) in [4.78, 5) is 22.3. The Bertz CT molecular complexity index is 688. The van der Waals surface area contributed by atoms with Crippen molar-refractivity contribution >= 4 is 11.6 Å². The molecule has 0 radical (unpaired) electrons. The van der Waals surface area contributed by atoms with Crippen molar-refractivity contribution in [2.45, 2.75) is 25.5 Å². The summed E-state index contributed by atoms with van der Waals surface area (Å²) in [6, 6.07) is 14.4. The van der Waals surface area contributed by atoms with Gasteiger partial charge in [0.1, 0.15) is 0 Å². The van der Waals surface area contributed by atoms with Crippen LogP contribution in [-0.2, 0) is 0 Å². The second-order valence-corrected chi connectivity index (χ2v) is 5.34. The molecule has 2 aromatic rings. The van der Waals surface area contributed by atoms with Crippen molar-refractivity contribution in [1.82, 2.24) is 5.32 Å². The van der Waals surface area contributed by atoms with E-state index in [4.69, 9.17) is 0 Å². The molecule has 2 aromatic carbocycles. The van der Waals surface area contributed by atoms with Gasteiger partial charge in [-0.05, 0) is 25.0 Å². The first-order valence-electron chi connectivity index (χ1n) is 7.25. The van der Waals surface area contributed by atoms with Crippen LogP contribution in [0.1, 0.15) is 35.4 Å². The topological polar surface area (TPSA) is 92.5 Å². The Morgan fingerprint density at radius 1 is 1.22 bits per heavy atom. The van der Waals surface area contributed by atoms with Crippen LogP contribution in [0.25, 0.3) is 0 Å². The van der Waals surface area contributed by atoms with Gasteiger partial charge in [0.05, 0.1) is 11.0 Å². The van der Waals surface area contributed by atoms with Crippen LogP contribution in [0.3, 0.4) is 0 Å². The Morgan fingerprint density at radius 3 is 2.57 bits per heavy atom. The van der Waals surface area contributed by atoms with Crippen molar-refractivity contribution in [2.24, 2.45) is 0 Å². The van der Waals surface area contributed by atoms with Crippen LogP contribution in [0.4, 0.5) is 5.69 Å². The summed E-state index contributed by atoms with van der Waals surface area (Å²) in [6.45, 7) is 1.78. The average Bonchev–Trinajstić information content (AvgIpc) is 2.55. The number of nitrogens with zero attached hydrogens (tertiary/aromatic N) is 1. The normalized spacial score (nSPS) is 13.1. The van der Waals surface area contributed by atoms with E-state index in [-0.39, 0.29) is 17.3 Å². The van der Waals surface area contributed by atoms with Gasteiger partial charge in [-0.25, -0.2) is 0 Å². The van der Waals surface area contributed by atoms with Crippen molar-refractivity contribution in [3.63, 3.8) is 0 Å². The SMILES string of the molecule is C[C@H](C[C@@H](O)c1ccccc1)NC(=O)c1cccc([N+](=O)[O-])c1. The number of benzene rings is 2. The number of hydrogen-bond acceptors (Lipinski definition) is 4. The summed E-state index contributed by atoms with van der Waals surface area (Å²) in [7, 11) is 0. The minimum Gasteiger partial charge on any atom is -0.388 e. The Hall–Kier alpha value is -2.73. The van der Waals surface area contributed by atoms with Crippen LogP contribution in [-0.4, -0.2) is 22.0 Å². The van der Waals surface area contributed by atoms with Crippen LogP contribution in [0.15, 0.2) is 54.6 Å². The number of amides is 1. The van der Waals surface area contributed by atoms with E-state index in [0.717, 1.165) is 5.56 Å². The first kappa shape index (κ1) is 16.6. The lowest BCUT2D eigenvalue weighted by molar-refractivity contribution is -0.384. The lowest BCUT2D eigenvalue weighted by atomic mass is 10.0. The monoisotopic (exact) mass is 314 g/mol. The highest BCUT2D eigenvalue weighted by atomic mass is 16.6. The molecule has 1 amide bonds. The van der Waals surface area contributed by atoms with E-state index in [0.29, 0.717) is 6.42 Å². The van der Waals surface area contributed by atoms with Gasteiger partial charge in [-0.1, -0.05) is 36.4 Å². The van der Waals surface area contributed by atoms with Crippen LogP contribution >= 0.6 is 0 Å². The maximum absolute atomic E-state index is 12.1.